The third kappa shape index (κ3) is 5.48. The van der Waals surface area contributed by atoms with E-state index in [4.69, 9.17) is 4.42 Å². The Balaban J connectivity index is 1.44. The molecular weight excluding hydrogens is 454 g/mol. The van der Waals surface area contributed by atoms with Crippen molar-refractivity contribution in [1.82, 2.24) is 25.2 Å². The number of nitrogens with zero attached hydrogens (tertiary/aromatic N) is 4. The number of para-hydroxylation sites is 1. The van der Waals surface area contributed by atoms with Crippen molar-refractivity contribution in [1.29, 1.82) is 0 Å². The van der Waals surface area contributed by atoms with Gasteiger partial charge in [-0.25, -0.2) is 4.68 Å². The molecule has 2 amide bonds. The maximum Gasteiger partial charge on any atom is 0.250 e. The zero-order valence-corrected chi connectivity index (χ0v) is 20.3. The summed E-state index contributed by atoms with van der Waals surface area (Å²) >= 11 is 0. The van der Waals surface area contributed by atoms with E-state index in [0.29, 0.717) is 18.7 Å². The molecule has 8 nitrogen and oxygen atoms in total. The Morgan fingerprint density at radius 2 is 1.78 bits per heavy atom. The van der Waals surface area contributed by atoms with Crippen molar-refractivity contribution in [3.8, 4) is 0 Å². The van der Waals surface area contributed by atoms with Crippen molar-refractivity contribution in [2.45, 2.75) is 57.2 Å². The molecule has 1 fully saturated rings. The Morgan fingerprint density at radius 3 is 2.56 bits per heavy atom. The van der Waals surface area contributed by atoms with Crippen LogP contribution in [0, 0.1) is 0 Å². The van der Waals surface area contributed by atoms with Crippen LogP contribution in [0.3, 0.4) is 0 Å². The van der Waals surface area contributed by atoms with E-state index in [-0.39, 0.29) is 24.4 Å². The quantitative estimate of drug-likeness (QED) is 0.382. The summed E-state index contributed by atoms with van der Waals surface area (Å²) in [6.07, 6.45) is 7.47. The second-order valence-electron chi connectivity index (χ2n) is 9.32. The molecule has 1 aliphatic rings. The molecule has 4 aromatic rings. The first-order valence-electron chi connectivity index (χ1n) is 12.6. The predicted octanol–water partition coefficient (Wildman–Crippen LogP) is 4.29. The normalized spacial score (nSPS) is 15.0. The number of benzene rings is 2. The van der Waals surface area contributed by atoms with E-state index < -0.39 is 6.04 Å². The minimum atomic E-state index is -0.868. The molecule has 0 saturated heterocycles. The van der Waals surface area contributed by atoms with Gasteiger partial charge in [0.1, 0.15) is 17.8 Å². The summed E-state index contributed by atoms with van der Waals surface area (Å²) in [6.45, 7) is 0.335. The number of carbonyl (C=O) groups is 2. The van der Waals surface area contributed by atoms with Gasteiger partial charge in [-0.05, 0) is 49.1 Å². The Hall–Kier alpha value is -3.94. The molecule has 0 aliphatic heterocycles. The lowest BCUT2D eigenvalue weighted by Gasteiger charge is -2.32. The summed E-state index contributed by atoms with van der Waals surface area (Å²) in [5.74, 6) is 0.0247. The van der Waals surface area contributed by atoms with Crippen LogP contribution in [-0.2, 0) is 22.6 Å². The number of nitrogens with one attached hydrogen (secondary N) is 1. The Kier molecular flexibility index (Phi) is 7.40. The van der Waals surface area contributed by atoms with Gasteiger partial charge < -0.3 is 14.6 Å². The van der Waals surface area contributed by atoms with Gasteiger partial charge in [-0.1, -0.05) is 66.9 Å². The molecule has 8 heteroatoms. The molecule has 0 radical (unpaired) electrons. The zero-order valence-electron chi connectivity index (χ0n) is 20.3. The standard InChI is InChI=1S/C28H31N5O3/c34-26(20-33-24-15-8-7-14-23(24)30-31-33)32(18-17-21-10-3-1-4-11-21)27(25-16-9-19-36-25)28(35)29-22-12-5-2-6-13-22/h1,3-4,7-11,14-16,19,22,27H,2,5-6,12-13,17-18,20H2,(H,29,35). The van der Waals surface area contributed by atoms with Crippen LogP contribution in [0.4, 0.5) is 0 Å². The smallest absolute Gasteiger partial charge is 0.250 e. The molecule has 1 aliphatic carbocycles. The van der Waals surface area contributed by atoms with Gasteiger partial charge in [-0.3, -0.25) is 9.59 Å². The molecule has 1 atom stereocenters. The molecule has 1 saturated carbocycles. The van der Waals surface area contributed by atoms with Crippen molar-refractivity contribution < 1.29 is 14.0 Å². The Morgan fingerprint density at radius 1 is 1.00 bits per heavy atom. The number of hydrogen-bond donors (Lipinski definition) is 1. The predicted molar refractivity (Wildman–Crippen MR) is 136 cm³/mol. The highest BCUT2D eigenvalue weighted by atomic mass is 16.3. The lowest BCUT2D eigenvalue weighted by Crippen LogP contribution is -2.48. The van der Waals surface area contributed by atoms with Crippen molar-refractivity contribution in [2.24, 2.45) is 0 Å². The van der Waals surface area contributed by atoms with E-state index in [1.165, 1.54) is 6.42 Å². The number of hydrogen-bond acceptors (Lipinski definition) is 5. The molecule has 0 spiro atoms. The molecule has 2 aromatic heterocycles. The second-order valence-corrected chi connectivity index (χ2v) is 9.32. The van der Waals surface area contributed by atoms with Gasteiger partial charge >= 0.3 is 0 Å². The van der Waals surface area contributed by atoms with Crippen LogP contribution < -0.4 is 5.32 Å². The molecule has 0 bridgehead atoms. The summed E-state index contributed by atoms with van der Waals surface area (Å²) in [4.78, 5) is 29.1. The number of rotatable bonds is 9. The second kappa shape index (κ2) is 11.2. The summed E-state index contributed by atoms with van der Waals surface area (Å²) in [5, 5.41) is 11.6. The largest absolute Gasteiger partial charge is 0.467 e. The number of aromatic nitrogens is 3. The minimum Gasteiger partial charge on any atom is -0.467 e. The summed E-state index contributed by atoms with van der Waals surface area (Å²) in [7, 11) is 0. The van der Waals surface area contributed by atoms with Gasteiger partial charge in [0.2, 0.25) is 5.91 Å². The maximum absolute atomic E-state index is 13.8. The molecule has 186 valence electrons. The third-order valence-electron chi connectivity index (χ3n) is 6.83. The van der Waals surface area contributed by atoms with Crippen LogP contribution in [0.1, 0.15) is 49.5 Å². The van der Waals surface area contributed by atoms with E-state index >= 15 is 0 Å². The van der Waals surface area contributed by atoms with Gasteiger partial charge in [0.25, 0.3) is 5.91 Å². The maximum atomic E-state index is 13.8. The van der Waals surface area contributed by atoms with Crippen molar-refractivity contribution in [3.05, 3.63) is 84.3 Å². The fourth-order valence-electron chi connectivity index (χ4n) is 4.94. The molecule has 2 aromatic carbocycles. The van der Waals surface area contributed by atoms with Gasteiger partial charge in [0.05, 0.1) is 11.8 Å². The van der Waals surface area contributed by atoms with E-state index in [2.05, 4.69) is 15.6 Å². The molecule has 2 heterocycles. The van der Waals surface area contributed by atoms with Gasteiger partial charge in [-0.2, -0.15) is 0 Å². The summed E-state index contributed by atoms with van der Waals surface area (Å²) in [6, 6.07) is 20.3. The molecule has 1 N–H and O–H groups in total. The highest BCUT2D eigenvalue weighted by Crippen LogP contribution is 2.25. The Labute approximate surface area is 210 Å². The van der Waals surface area contributed by atoms with Crippen LogP contribution in [0.25, 0.3) is 11.0 Å². The Bertz CT molecular complexity index is 1280. The third-order valence-corrected chi connectivity index (χ3v) is 6.83. The average molecular weight is 486 g/mol. The van der Waals surface area contributed by atoms with Crippen molar-refractivity contribution >= 4 is 22.8 Å². The summed E-state index contributed by atoms with van der Waals surface area (Å²) < 4.78 is 7.29. The first kappa shape index (κ1) is 23.8. The topological polar surface area (TPSA) is 93.3 Å². The van der Waals surface area contributed by atoms with Crippen molar-refractivity contribution in [3.63, 3.8) is 0 Å². The summed E-state index contributed by atoms with van der Waals surface area (Å²) in [5.41, 5.74) is 2.58. The van der Waals surface area contributed by atoms with Crippen LogP contribution >= 0.6 is 0 Å². The zero-order chi connectivity index (χ0) is 24.7. The highest BCUT2D eigenvalue weighted by molar-refractivity contribution is 5.89. The first-order chi connectivity index (χ1) is 17.7. The first-order valence-corrected chi connectivity index (χ1v) is 12.6. The van der Waals surface area contributed by atoms with Gasteiger partial charge in [0, 0.05) is 12.6 Å². The van der Waals surface area contributed by atoms with E-state index in [1.807, 2.05) is 54.6 Å². The van der Waals surface area contributed by atoms with Gasteiger partial charge in [0.15, 0.2) is 6.04 Å². The van der Waals surface area contributed by atoms with Crippen LogP contribution in [0.5, 0.6) is 0 Å². The average Bonchev–Trinajstić information content (AvgIpc) is 3.58. The van der Waals surface area contributed by atoms with Gasteiger partial charge in [-0.15, -0.1) is 5.10 Å². The lowest BCUT2D eigenvalue weighted by molar-refractivity contribution is -0.142. The molecule has 5 rings (SSSR count). The number of carbonyl (C=O) groups excluding carboxylic acids is 2. The number of amides is 2. The van der Waals surface area contributed by atoms with E-state index in [0.717, 1.165) is 42.3 Å². The van der Waals surface area contributed by atoms with Crippen LogP contribution in [0.15, 0.2) is 77.4 Å². The van der Waals surface area contributed by atoms with Crippen molar-refractivity contribution in [2.75, 3.05) is 6.54 Å². The number of fused-ring (bicyclic) bond motifs is 1. The van der Waals surface area contributed by atoms with E-state index in [9.17, 15) is 9.59 Å². The molecule has 36 heavy (non-hydrogen) atoms. The highest BCUT2D eigenvalue weighted by Gasteiger charge is 2.35. The monoisotopic (exact) mass is 485 g/mol. The fraction of sp³-hybridized carbons (Fsp3) is 0.357. The number of furan rings is 1. The van der Waals surface area contributed by atoms with Crippen LogP contribution in [0.2, 0.25) is 0 Å². The molecular formula is C28H31N5O3. The van der Waals surface area contributed by atoms with E-state index in [1.54, 1.807) is 28.0 Å². The lowest BCUT2D eigenvalue weighted by atomic mass is 9.95. The minimum absolute atomic E-state index is 0.0246. The fourth-order valence-corrected chi connectivity index (χ4v) is 4.94. The molecule has 1 unspecified atom stereocenters. The SMILES string of the molecule is O=C(NC1CCCCC1)C(c1ccco1)N(CCc1ccccc1)C(=O)Cn1nnc2ccccc21. The van der Waals surface area contributed by atoms with Crippen LogP contribution in [-0.4, -0.2) is 44.3 Å².